The summed E-state index contributed by atoms with van der Waals surface area (Å²) in [5.74, 6) is 0.989. The highest BCUT2D eigenvalue weighted by atomic mass is 16.5. The van der Waals surface area contributed by atoms with Crippen molar-refractivity contribution in [3.63, 3.8) is 0 Å². The van der Waals surface area contributed by atoms with Gasteiger partial charge in [0.1, 0.15) is 5.75 Å². The minimum absolute atomic E-state index is 0.766. The summed E-state index contributed by atoms with van der Waals surface area (Å²) in [4.78, 5) is 8.38. The fourth-order valence-electron chi connectivity index (χ4n) is 2.68. The smallest absolute Gasteiger partial charge is 0.122 e. The number of allylic oxidation sites excluding steroid dienone is 3. The number of fused-ring (bicyclic) bond motifs is 1. The molecule has 0 atom stereocenters. The molecular formula is C19H18N2O. The molecule has 0 unspecified atom stereocenters. The highest BCUT2D eigenvalue weighted by molar-refractivity contribution is 5.83. The van der Waals surface area contributed by atoms with Crippen LogP contribution in [0.25, 0.3) is 16.8 Å². The molecule has 22 heavy (non-hydrogen) atoms. The molecule has 2 heterocycles. The average Bonchev–Trinajstić information content (AvgIpc) is 3.03. The van der Waals surface area contributed by atoms with Crippen LogP contribution in [0.15, 0.2) is 59.9 Å². The summed E-state index contributed by atoms with van der Waals surface area (Å²) in [7, 11) is 0. The predicted molar refractivity (Wildman–Crippen MR) is 91.2 cm³/mol. The third kappa shape index (κ3) is 2.70. The molecule has 1 aliphatic heterocycles. The molecule has 2 aromatic rings. The van der Waals surface area contributed by atoms with Gasteiger partial charge in [-0.15, -0.1) is 0 Å². The van der Waals surface area contributed by atoms with Gasteiger partial charge in [0.25, 0.3) is 0 Å². The van der Waals surface area contributed by atoms with E-state index in [9.17, 15) is 0 Å². The topological polar surface area (TPSA) is 34.5 Å². The zero-order valence-electron chi connectivity index (χ0n) is 12.6. The molecule has 0 radical (unpaired) electrons. The van der Waals surface area contributed by atoms with E-state index in [4.69, 9.17) is 4.74 Å². The van der Waals surface area contributed by atoms with Crippen LogP contribution in [0, 0.1) is 0 Å². The van der Waals surface area contributed by atoms with Crippen molar-refractivity contribution >= 4 is 12.3 Å². The van der Waals surface area contributed by atoms with Gasteiger partial charge in [0.05, 0.1) is 12.3 Å². The van der Waals surface area contributed by atoms with Gasteiger partial charge in [0, 0.05) is 29.9 Å². The summed E-state index contributed by atoms with van der Waals surface area (Å²) in [6.45, 7) is 6.26. The van der Waals surface area contributed by atoms with Crippen molar-refractivity contribution in [1.29, 1.82) is 0 Å². The van der Waals surface area contributed by atoms with E-state index < -0.39 is 0 Å². The quantitative estimate of drug-likeness (QED) is 0.621. The van der Waals surface area contributed by atoms with Crippen molar-refractivity contribution < 1.29 is 4.74 Å². The van der Waals surface area contributed by atoms with Gasteiger partial charge < -0.3 is 4.74 Å². The van der Waals surface area contributed by atoms with Gasteiger partial charge >= 0.3 is 0 Å². The lowest BCUT2D eigenvalue weighted by Gasteiger charge is -2.10. The first-order valence-corrected chi connectivity index (χ1v) is 7.33. The molecule has 0 amide bonds. The minimum Gasteiger partial charge on any atom is -0.493 e. The van der Waals surface area contributed by atoms with Gasteiger partial charge in [0.15, 0.2) is 0 Å². The maximum atomic E-state index is 5.58. The summed E-state index contributed by atoms with van der Waals surface area (Å²) in [5, 5.41) is 0. The van der Waals surface area contributed by atoms with Crippen LogP contribution in [0.5, 0.6) is 5.75 Å². The van der Waals surface area contributed by atoms with Gasteiger partial charge in [-0.25, -0.2) is 0 Å². The number of hydrogen-bond donors (Lipinski definition) is 0. The van der Waals surface area contributed by atoms with Crippen LogP contribution in [0.3, 0.4) is 0 Å². The Balaban J connectivity index is 2.08. The number of hydrogen-bond acceptors (Lipinski definition) is 3. The fourth-order valence-corrected chi connectivity index (χ4v) is 2.68. The van der Waals surface area contributed by atoms with E-state index in [1.165, 1.54) is 5.56 Å². The molecule has 0 saturated carbocycles. The van der Waals surface area contributed by atoms with Crippen molar-refractivity contribution in [3.8, 4) is 17.0 Å². The summed E-state index contributed by atoms with van der Waals surface area (Å²) in [6.07, 6.45) is 8.48. The molecule has 3 rings (SSSR count). The van der Waals surface area contributed by atoms with Gasteiger partial charge in [-0.2, -0.15) is 0 Å². The highest BCUT2D eigenvalue weighted by Crippen LogP contribution is 2.33. The second-order valence-corrected chi connectivity index (χ2v) is 5.06. The number of pyridine rings is 1. The summed E-state index contributed by atoms with van der Waals surface area (Å²) in [5.41, 5.74) is 5.49. The maximum absolute atomic E-state index is 5.58. The molecule has 0 saturated heterocycles. The van der Waals surface area contributed by atoms with E-state index in [0.29, 0.717) is 0 Å². The number of aromatic nitrogens is 1. The van der Waals surface area contributed by atoms with Crippen LogP contribution in [-0.4, -0.2) is 18.3 Å². The Morgan fingerprint density at radius 2 is 2.27 bits per heavy atom. The average molecular weight is 290 g/mol. The molecule has 0 spiro atoms. The van der Waals surface area contributed by atoms with Gasteiger partial charge in [-0.05, 0) is 55.1 Å². The largest absolute Gasteiger partial charge is 0.493 e. The highest BCUT2D eigenvalue weighted by Gasteiger charge is 2.15. The normalized spacial score (nSPS) is 14.0. The van der Waals surface area contributed by atoms with E-state index in [1.54, 1.807) is 6.20 Å². The SMILES string of the molecule is C=N/C=C\C(=C/C)c1cccnc1-c1ccc2c(c1)CCO2. The monoisotopic (exact) mass is 290 g/mol. The molecule has 3 heteroatoms. The third-order valence-electron chi connectivity index (χ3n) is 3.75. The molecule has 3 nitrogen and oxygen atoms in total. The van der Waals surface area contributed by atoms with E-state index in [2.05, 4.69) is 41.0 Å². The Bertz CT molecular complexity index is 760. The molecule has 0 fully saturated rings. The van der Waals surface area contributed by atoms with Crippen molar-refractivity contribution in [2.45, 2.75) is 13.3 Å². The lowest BCUT2D eigenvalue weighted by atomic mass is 9.97. The number of rotatable bonds is 4. The number of benzene rings is 1. The Hall–Kier alpha value is -2.68. The molecule has 1 aromatic heterocycles. The molecule has 0 N–H and O–H groups in total. The number of nitrogens with zero attached hydrogens (tertiary/aromatic N) is 2. The van der Waals surface area contributed by atoms with Crippen LogP contribution in [0.4, 0.5) is 0 Å². The zero-order chi connectivity index (χ0) is 15.4. The van der Waals surface area contributed by atoms with Gasteiger partial charge in [-0.1, -0.05) is 12.1 Å². The van der Waals surface area contributed by atoms with E-state index in [0.717, 1.165) is 41.2 Å². The van der Waals surface area contributed by atoms with Crippen LogP contribution in [0.2, 0.25) is 0 Å². The van der Waals surface area contributed by atoms with Crippen molar-refractivity contribution in [3.05, 3.63) is 66.0 Å². The second-order valence-electron chi connectivity index (χ2n) is 5.06. The first kappa shape index (κ1) is 14.3. The molecule has 0 aliphatic carbocycles. The van der Waals surface area contributed by atoms with Crippen LogP contribution >= 0.6 is 0 Å². The number of ether oxygens (including phenoxy) is 1. The first-order valence-electron chi connectivity index (χ1n) is 7.33. The molecule has 0 bridgehead atoms. The summed E-state index contributed by atoms with van der Waals surface area (Å²) < 4.78 is 5.58. The fraction of sp³-hybridized carbons (Fsp3) is 0.158. The van der Waals surface area contributed by atoms with Crippen LogP contribution in [0.1, 0.15) is 18.1 Å². The summed E-state index contributed by atoms with van der Waals surface area (Å²) in [6, 6.07) is 10.3. The third-order valence-corrected chi connectivity index (χ3v) is 3.75. The molecule has 1 aliphatic rings. The minimum atomic E-state index is 0.766. The van der Waals surface area contributed by atoms with Crippen LogP contribution in [-0.2, 0) is 6.42 Å². The predicted octanol–water partition coefficient (Wildman–Crippen LogP) is 4.30. The summed E-state index contributed by atoms with van der Waals surface area (Å²) >= 11 is 0. The van der Waals surface area contributed by atoms with Crippen molar-refractivity contribution in [2.24, 2.45) is 4.99 Å². The molecular weight excluding hydrogens is 272 g/mol. The Morgan fingerprint density at radius 1 is 1.36 bits per heavy atom. The van der Waals surface area contributed by atoms with Crippen LogP contribution < -0.4 is 4.74 Å². The Kier molecular flexibility index (Phi) is 4.15. The Labute approximate surface area is 130 Å². The van der Waals surface area contributed by atoms with E-state index in [-0.39, 0.29) is 0 Å². The standard InChI is InChI=1S/C19H18N2O/c1-3-14(8-11-20-2)17-5-4-10-21-19(17)16-6-7-18-15(13-16)9-12-22-18/h3-8,10-11,13H,2,9,12H2,1H3/b11-8-,14-3+. The first-order chi connectivity index (χ1) is 10.8. The van der Waals surface area contributed by atoms with Gasteiger partial charge in [-0.3, -0.25) is 9.98 Å². The van der Waals surface area contributed by atoms with Crippen molar-refractivity contribution in [2.75, 3.05) is 6.61 Å². The molecule has 1 aromatic carbocycles. The van der Waals surface area contributed by atoms with Gasteiger partial charge in [0.2, 0.25) is 0 Å². The Morgan fingerprint density at radius 3 is 3.09 bits per heavy atom. The number of aliphatic imine (C=N–C) groups is 1. The molecule has 110 valence electrons. The lowest BCUT2D eigenvalue weighted by molar-refractivity contribution is 0.357. The lowest BCUT2D eigenvalue weighted by Crippen LogP contribution is -1.92. The maximum Gasteiger partial charge on any atom is 0.122 e. The zero-order valence-corrected chi connectivity index (χ0v) is 12.6. The van der Waals surface area contributed by atoms with E-state index >= 15 is 0 Å². The van der Waals surface area contributed by atoms with E-state index in [1.807, 2.05) is 31.3 Å². The van der Waals surface area contributed by atoms with Crippen molar-refractivity contribution in [1.82, 2.24) is 4.98 Å². The second kappa shape index (κ2) is 6.39.